The number of halogens is 1. The van der Waals surface area contributed by atoms with Crippen LogP contribution in [0.2, 0.25) is 0 Å². The minimum atomic E-state index is 0. The van der Waals surface area contributed by atoms with Crippen molar-refractivity contribution in [2.45, 2.75) is 50.1 Å². The average Bonchev–Trinajstić information content (AvgIpc) is 3.08. The zero-order valence-corrected chi connectivity index (χ0v) is 21.3. The molecule has 164 valence electrons. The third-order valence-corrected chi connectivity index (χ3v) is 7.08. The predicted molar refractivity (Wildman–Crippen MR) is 138 cm³/mol. The Labute approximate surface area is 198 Å². The van der Waals surface area contributed by atoms with Crippen molar-refractivity contribution in [2.24, 2.45) is 4.99 Å². The number of nitrogens with one attached hydrogen (secondary N) is 2. The number of hydrogen-bond acceptors (Lipinski definition) is 4. The molecule has 0 radical (unpaired) electrons. The first kappa shape index (κ1) is 24.8. The van der Waals surface area contributed by atoms with Crippen molar-refractivity contribution in [1.29, 1.82) is 0 Å². The number of guanidine groups is 1. The normalized spacial score (nSPS) is 24.0. The third kappa shape index (κ3) is 8.26. The Kier molecular flexibility index (Phi) is 11.1. The number of aliphatic imine (C=N–C) groups is 1. The Balaban J connectivity index is 0.00000300. The van der Waals surface area contributed by atoms with Gasteiger partial charge in [-0.25, -0.2) is 0 Å². The van der Waals surface area contributed by atoms with E-state index in [-0.39, 0.29) is 24.0 Å². The summed E-state index contributed by atoms with van der Waals surface area (Å²) in [4.78, 5) is 9.41. The minimum Gasteiger partial charge on any atom is -0.354 e. The molecule has 1 aliphatic heterocycles. The molecule has 2 atom stereocenters. The lowest BCUT2D eigenvalue weighted by molar-refractivity contribution is 0.269. The summed E-state index contributed by atoms with van der Waals surface area (Å²) in [7, 11) is 4.08. The SMILES string of the molecule is CN=C(NCc1ccc(CN2CCCN(C)CC2)cc1)NC1CCC(SC)C1.I. The van der Waals surface area contributed by atoms with E-state index >= 15 is 0 Å². The lowest BCUT2D eigenvalue weighted by Crippen LogP contribution is -2.42. The van der Waals surface area contributed by atoms with Crippen molar-refractivity contribution in [3.05, 3.63) is 35.4 Å². The molecular formula is C22H38IN5S. The molecule has 2 fully saturated rings. The van der Waals surface area contributed by atoms with Gasteiger partial charge in [-0.15, -0.1) is 24.0 Å². The lowest BCUT2D eigenvalue weighted by atomic mass is 10.1. The third-order valence-electron chi connectivity index (χ3n) is 5.98. The fourth-order valence-corrected chi connectivity index (χ4v) is 4.93. The van der Waals surface area contributed by atoms with E-state index in [0.29, 0.717) is 6.04 Å². The largest absolute Gasteiger partial charge is 0.354 e. The van der Waals surface area contributed by atoms with Crippen molar-refractivity contribution in [1.82, 2.24) is 20.4 Å². The van der Waals surface area contributed by atoms with Crippen LogP contribution in [0.4, 0.5) is 0 Å². The minimum absolute atomic E-state index is 0. The molecule has 0 spiro atoms. The summed E-state index contributed by atoms with van der Waals surface area (Å²) in [6, 6.07) is 9.61. The molecule has 1 aromatic carbocycles. The van der Waals surface area contributed by atoms with E-state index < -0.39 is 0 Å². The van der Waals surface area contributed by atoms with Crippen LogP contribution >= 0.6 is 35.7 Å². The number of thioether (sulfide) groups is 1. The number of rotatable bonds is 6. The molecule has 1 saturated carbocycles. The Morgan fingerprint density at radius 1 is 1.10 bits per heavy atom. The molecule has 1 heterocycles. The van der Waals surface area contributed by atoms with Gasteiger partial charge in [-0.2, -0.15) is 11.8 Å². The highest BCUT2D eigenvalue weighted by Crippen LogP contribution is 2.28. The number of nitrogens with zero attached hydrogens (tertiary/aromatic N) is 3. The Morgan fingerprint density at radius 2 is 1.86 bits per heavy atom. The van der Waals surface area contributed by atoms with E-state index in [0.717, 1.165) is 24.3 Å². The van der Waals surface area contributed by atoms with Gasteiger partial charge in [0.2, 0.25) is 0 Å². The Morgan fingerprint density at radius 3 is 2.55 bits per heavy atom. The fraction of sp³-hybridized carbons (Fsp3) is 0.682. The second kappa shape index (κ2) is 13.0. The maximum absolute atomic E-state index is 4.40. The van der Waals surface area contributed by atoms with Gasteiger partial charge >= 0.3 is 0 Å². The Bertz CT molecular complexity index is 624. The summed E-state index contributed by atoms with van der Waals surface area (Å²) >= 11 is 1.99. The number of hydrogen-bond donors (Lipinski definition) is 2. The van der Waals surface area contributed by atoms with Crippen LogP contribution in [-0.2, 0) is 13.1 Å². The van der Waals surface area contributed by atoms with Crippen molar-refractivity contribution in [3.8, 4) is 0 Å². The van der Waals surface area contributed by atoms with E-state index in [4.69, 9.17) is 0 Å². The van der Waals surface area contributed by atoms with Crippen LogP contribution in [0.15, 0.2) is 29.3 Å². The fourth-order valence-electron chi connectivity index (χ4n) is 4.14. The highest BCUT2D eigenvalue weighted by molar-refractivity contribution is 14.0. The number of benzene rings is 1. The first-order chi connectivity index (χ1) is 13.7. The van der Waals surface area contributed by atoms with Gasteiger partial charge in [0.25, 0.3) is 0 Å². The van der Waals surface area contributed by atoms with Gasteiger partial charge in [-0.3, -0.25) is 9.89 Å². The molecule has 0 aromatic heterocycles. The van der Waals surface area contributed by atoms with Crippen molar-refractivity contribution in [2.75, 3.05) is 46.5 Å². The van der Waals surface area contributed by atoms with Gasteiger partial charge in [0.1, 0.15) is 0 Å². The summed E-state index contributed by atoms with van der Waals surface area (Å²) in [6.07, 6.45) is 7.28. The molecule has 2 unspecified atom stereocenters. The topological polar surface area (TPSA) is 42.9 Å². The van der Waals surface area contributed by atoms with Crippen LogP contribution in [0.25, 0.3) is 0 Å². The Hall–Kier alpha value is -0.510. The molecule has 7 heteroatoms. The zero-order chi connectivity index (χ0) is 19.8. The smallest absolute Gasteiger partial charge is 0.191 e. The van der Waals surface area contributed by atoms with Gasteiger partial charge in [0, 0.05) is 44.5 Å². The van der Waals surface area contributed by atoms with Crippen LogP contribution in [0, 0.1) is 0 Å². The molecule has 0 amide bonds. The molecule has 1 aromatic rings. The van der Waals surface area contributed by atoms with E-state index in [9.17, 15) is 0 Å². The zero-order valence-electron chi connectivity index (χ0n) is 18.2. The van der Waals surface area contributed by atoms with Crippen molar-refractivity contribution < 1.29 is 0 Å². The van der Waals surface area contributed by atoms with Gasteiger partial charge in [-0.05, 0) is 63.2 Å². The molecule has 1 saturated heterocycles. The van der Waals surface area contributed by atoms with E-state index in [1.54, 1.807) is 0 Å². The summed E-state index contributed by atoms with van der Waals surface area (Å²) in [5, 5.41) is 7.86. The van der Waals surface area contributed by atoms with Crippen molar-refractivity contribution in [3.63, 3.8) is 0 Å². The van der Waals surface area contributed by atoms with Crippen LogP contribution < -0.4 is 10.6 Å². The van der Waals surface area contributed by atoms with Gasteiger partial charge in [0.05, 0.1) is 0 Å². The van der Waals surface area contributed by atoms with Crippen LogP contribution in [-0.4, -0.2) is 73.6 Å². The molecule has 5 nitrogen and oxygen atoms in total. The van der Waals surface area contributed by atoms with Crippen LogP contribution in [0.3, 0.4) is 0 Å². The highest BCUT2D eigenvalue weighted by atomic mass is 127. The van der Waals surface area contributed by atoms with E-state index in [2.05, 4.69) is 63.0 Å². The van der Waals surface area contributed by atoms with E-state index in [1.165, 1.54) is 63.0 Å². The second-order valence-corrected chi connectivity index (χ2v) is 9.33. The molecule has 3 rings (SSSR count). The molecule has 2 aliphatic rings. The molecule has 29 heavy (non-hydrogen) atoms. The predicted octanol–water partition coefficient (Wildman–Crippen LogP) is 3.39. The van der Waals surface area contributed by atoms with E-state index in [1.807, 2.05) is 18.8 Å². The van der Waals surface area contributed by atoms with Crippen molar-refractivity contribution >= 4 is 41.7 Å². The summed E-state index contributed by atoms with van der Waals surface area (Å²) in [5.41, 5.74) is 2.71. The maximum Gasteiger partial charge on any atom is 0.191 e. The molecule has 0 bridgehead atoms. The van der Waals surface area contributed by atoms with Gasteiger partial charge in [-0.1, -0.05) is 24.3 Å². The molecule has 2 N–H and O–H groups in total. The first-order valence-corrected chi connectivity index (χ1v) is 11.9. The van der Waals surface area contributed by atoms with Gasteiger partial charge in [0.15, 0.2) is 5.96 Å². The number of likely N-dealkylation sites (N-methyl/N-ethyl adjacent to an activating group) is 1. The summed E-state index contributed by atoms with van der Waals surface area (Å²) in [6.45, 7) is 6.63. The standard InChI is InChI=1S/C22H37N5S.HI/c1-23-22(25-20-9-10-21(15-20)28-3)24-16-18-5-7-19(8-6-18)17-27-12-4-11-26(2)13-14-27;/h5-8,20-21H,4,9-17H2,1-3H3,(H2,23,24,25);1H. The lowest BCUT2D eigenvalue weighted by Gasteiger charge is -2.20. The van der Waals surface area contributed by atoms with Crippen LogP contribution in [0.5, 0.6) is 0 Å². The molecular weight excluding hydrogens is 493 g/mol. The maximum atomic E-state index is 4.40. The monoisotopic (exact) mass is 531 g/mol. The average molecular weight is 532 g/mol. The summed E-state index contributed by atoms with van der Waals surface area (Å²) < 4.78 is 0. The summed E-state index contributed by atoms with van der Waals surface area (Å²) in [5.74, 6) is 0.921. The first-order valence-electron chi connectivity index (χ1n) is 10.6. The van der Waals surface area contributed by atoms with Gasteiger partial charge < -0.3 is 15.5 Å². The highest BCUT2D eigenvalue weighted by Gasteiger charge is 2.24. The second-order valence-electron chi connectivity index (χ2n) is 8.19. The quantitative estimate of drug-likeness (QED) is 0.335. The molecule has 1 aliphatic carbocycles. The van der Waals surface area contributed by atoms with Crippen LogP contribution in [0.1, 0.15) is 36.8 Å².